The van der Waals surface area contributed by atoms with Gasteiger partial charge in [-0.1, -0.05) is 0 Å². The van der Waals surface area contributed by atoms with Gasteiger partial charge in [-0.2, -0.15) is 0 Å². The number of nitrogens with one attached hydrogen (secondary N) is 1. The van der Waals surface area contributed by atoms with Crippen molar-refractivity contribution in [1.82, 2.24) is 5.32 Å². The third-order valence-corrected chi connectivity index (χ3v) is 2.46. The van der Waals surface area contributed by atoms with E-state index in [9.17, 15) is 13.2 Å². The number of hydrogen-bond donors (Lipinski definition) is 2. The number of rotatable bonds is 4. The molecule has 6 heteroatoms. The first kappa shape index (κ1) is 12.4. The molecule has 0 aromatic carbocycles. The molecule has 0 rings (SSSR count). The number of carbonyl (C=O) groups is 1. The number of hydrogen-bond acceptors (Lipinski definition) is 4. The molecule has 78 valence electrons. The topological polar surface area (TPSA) is 89.3 Å². The summed E-state index contributed by atoms with van der Waals surface area (Å²) in [6.07, 6.45) is 1.13. The average Bonchev–Trinajstić information content (AvgIpc) is 1.81. The second-order valence-corrected chi connectivity index (χ2v) is 5.48. The zero-order chi connectivity index (χ0) is 10.6. The van der Waals surface area contributed by atoms with E-state index < -0.39 is 21.9 Å². The van der Waals surface area contributed by atoms with E-state index in [1.54, 1.807) is 13.8 Å². The van der Waals surface area contributed by atoms with Crippen LogP contribution in [0.4, 0.5) is 0 Å². The van der Waals surface area contributed by atoms with Crippen molar-refractivity contribution in [1.29, 1.82) is 0 Å². The van der Waals surface area contributed by atoms with Gasteiger partial charge in [0.15, 0.2) is 0 Å². The van der Waals surface area contributed by atoms with Gasteiger partial charge in [0.05, 0.1) is 11.8 Å². The van der Waals surface area contributed by atoms with E-state index in [2.05, 4.69) is 5.32 Å². The molecule has 0 bridgehead atoms. The van der Waals surface area contributed by atoms with Crippen LogP contribution in [0, 0.1) is 0 Å². The van der Waals surface area contributed by atoms with Crippen LogP contribution in [0.1, 0.15) is 13.8 Å². The molecule has 0 aliphatic carbocycles. The number of sulfone groups is 1. The van der Waals surface area contributed by atoms with Gasteiger partial charge in [0.2, 0.25) is 5.91 Å². The second-order valence-electron chi connectivity index (χ2n) is 3.29. The van der Waals surface area contributed by atoms with E-state index >= 15 is 0 Å². The molecule has 1 unspecified atom stereocenters. The predicted molar refractivity (Wildman–Crippen MR) is 51.0 cm³/mol. The molecule has 0 aliphatic rings. The average molecular weight is 208 g/mol. The summed E-state index contributed by atoms with van der Waals surface area (Å²) in [4.78, 5) is 11.0. The molecule has 0 saturated carbocycles. The normalized spacial score (nSPS) is 16.3. The van der Waals surface area contributed by atoms with Crippen molar-refractivity contribution in [3.63, 3.8) is 0 Å². The standard InChI is InChI=1S/C7H16N2O3S/c1-5(4-13(3,11)12)9-7(10)6(2)8/h5-6H,4,8H2,1-3H3,(H,9,10)/t5?,6-/m0/s1. The Labute approximate surface area is 78.6 Å². The van der Waals surface area contributed by atoms with Gasteiger partial charge < -0.3 is 11.1 Å². The first-order valence-corrected chi connectivity index (χ1v) is 6.02. The third-order valence-electron chi connectivity index (χ3n) is 1.35. The maximum absolute atomic E-state index is 11.0. The first-order chi connectivity index (χ1) is 5.72. The zero-order valence-electron chi connectivity index (χ0n) is 8.07. The number of amides is 1. The Hall–Kier alpha value is -0.620. The van der Waals surface area contributed by atoms with Crippen LogP contribution >= 0.6 is 0 Å². The molecule has 1 amide bonds. The summed E-state index contributed by atoms with van der Waals surface area (Å²) in [5, 5.41) is 2.49. The van der Waals surface area contributed by atoms with Gasteiger partial charge in [-0.3, -0.25) is 4.79 Å². The van der Waals surface area contributed by atoms with Gasteiger partial charge in [0.25, 0.3) is 0 Å². The van der Waals surface area contributed by atoms with Crippen LogP contribution in [0.25, 0.3) is 0 Å². The summed E-state index contributed by atoms with van der Waals surface area (Å²) in [7, 11) is -3.05. The van der Waals surface area contributed by atoms with Gasteiger partial charge in [-0.15, -0.1) is 0 Å². The zero-order valence-corrected chi connectivity index (χ0v) is 8.89. The molecule has 0 heterocycles. The molecule has 0 fully saturated rings. The summed E-state index contributed by atoms with van der Waals surface area (Å²) in [6, 6.07) is -1.00. The Bertz CT molecular complexity index is 271. The minimum absolute atomic E-state index is 0.0640. The fraction of sp³-hybridized carbons (Fsp3) is 0.857. The lowest BCUT2D eigenvalue weighted by Crippen LogP contribution is -2.45. The van der Waals surface area contributed by atoms with Crippen molar-refractivity contribution < 1.29 is 13.2 Å². The van der Waals surface area contributed by atoms with Crippen molar-refractivity contribution in [3.8, 4) is 0 Å². The lowest BCUT2D eigenvalue weighted by Gasteiger charge is -2.14. The van der Waals surface area contributed by atoms with Crippen LogP contribution < -0.4 is 11.1 Å². The molecule has 0 saturated heterocycles. The third kappa shape index (κ3) is 6.53. The molecule has 3 N–H and O–H groups in total. The molecule has 5 nitrogen and oxygen atoms in total. The lowest BCUT2D eigenvalue weighted by molar-refractivity contribution is -0.122. The van der Waals surface area contributed by atoms with Gasteiger partial charge in [-0.25, -0.2) is 8.42 Å². The molecule has 13 heavy (non-hydrogen) atoms. The van der Waals surface area contributed by atoms with Crippen molar-refractivity contribution >= 4 is 15.7 Å². The van der Waals surface area contributed by atoms with Gasteiger partial charge >= 0.3 is 0 Å². The summed E-state index contributed by atoms with van der Waals surface area (Å²) in [5.74, 6) is -0.401. The van der Waals surface area contributed by atoms with Gasteiger partial charge in [-0.05, 0) is 13.8 Å². The fourth-order valence-corrected chi connectivity index (χ4v) is 1.86. The Balaban J connectivity index is 4.03. The van der Waals surface area contributed by atoms with E-state index in [-0.39, 0.29) is 11.7 Å². The molecular weight excluding hydrogens is 192 g/mol. The number of carbonyl (C=O) groups excluding carboxylic acids is 1. The minimum atomic E-state index is -3.05. The smallest absolute Gasteiger partial charge is 0.236 e. The van der Waals surface area contributed by atoms with Crippen LogP contribution in [0.5, 0.6) is 0 Å². The van der Waals surface area contributed by atoms with E-state index in [1.165, 1.54) is 0 Å². The maximum Gasteiger partial charge on any atom is 0.236 e. The second kappa shape index (κ2) is 4.57. The van der Waals surface area contributed by atoms with Crippen LogP contribution in [-0.4, -0.2) is 38.4 Å². The van der Waals surface area contributed by atoms with Crippen LogP contribution in [0.2, 0.25) is 0 Å². The molecule has 0 aromatic heterocycles. The molecule has 2 atom stereocenters. The Morgan fingerprint density at radius 2 is 1.92 bits per heavy atom. The van der Waals surface area contributed by atoms with Crippen LogP contribution in [0.3, 0.4) is 0 Å². The summed E-state index contributed by atoms with van der Waals surface area (Å²) < 4.78 is 21.6. The Kier molecular flexibility index (Phi) is 4.35. The predicted octanol–water partition coefficient (Wildman–Crippen LogP) is -1.12. The van der Waals surface area contributed by atoms with Crippen LogP contribution in [-0.2, 0) is 14.6 Å². The summed E-state index contributed by atoms with van der Waals surface area (Å²) in [6.45, 7) is 3.17. The highest BCUT2D eigenvalue weighted by atomic mass is 32.2. The van der Waals surface area contributed by atoms with Crippen molar-refractivity contribution in [2.45, 2.75) is 25.9 Å². The Morgan fingerprint density at radius 3 is 2.23 bits per heavy atom. The highest BCUT2D eigenvalue weighted by molar-refractivity contribution is 7.90. The molecule has 0 aromatic rings. The molecule has 0 radical (unpaired) electrons. The maximum atomic E-state index is 11.0. The first-order valence-electron chi connectivity index (χ1n) is 3.96. The fourth-order valence-electron chi connectivity index (χ4n) is 0.870. The lowest BCUT2D eigenvalue weighted by atomic mass is 10.3. The molecule has 0 spiro atoms. The monoisotopic (exact) mass is 208 g/mol. The summed E-state index contributed by atoms with van der Waals surface area (Å²) in [5.41, 5.74) is 5.29. The van der Waals surface area contributed by atoms with E-state index in [0.717, 1.165) is 6.26 Å². The number of nitrogens with two attached hydrogens (primary N) is 1. The van der Waals surface area contributed by atoms with E-state index in [0.29, 0.717) is 0 Å². The Morgan fingerprint density at radius 1 is 1.46 bits per heavy atom. The summed E-state index contributed by atoms with van der Waals surface area (Å²) >= 11 is 0. The highest BCUT2D eigenvalue weighted by Gasteiger charge is 2.14. The largest absolute Gasteiger partial charge is 0.351 e. The van der Waals surface area contributed by atoms with Crippen molar-refractivity contribution in [2.75, 3.05) is 12.0 Å². The van der Waals surface area contributed by atoms with Gasteiger partial charge in [0, 0.05) is 12.3 Å². The minimum Gasteiger partial charge on any atom is -0.351 e. The highest BCUT2D eigenvalue weighted by Crippen LogP contribution is 1.90. The SMILES string of the molecule is CC(CS(C)(=O)=O)NC(=O)[C@H](C)N. The molecule has 0 aliphatic heterocycles. The quantitative estimate of drug-likeness (QED) is 0.612. The van der Waals surface area contributed by atoms with Crippen molar-refractivity contribution in [3.05, 3.63) is 0 Å². The van der Waals surface area contributed by atoms with E-state index in [1.807, 2.05) is 0 Å². The molecular formula is C7H16N2O3S. The van der Waals surface area contributed by atoms with Gasteiger partial charge in [0.1, 0.15) is 9.84 Å². The van der Waals surface area contributed by atoms with Crippen molar-refractivity contribution in [2.24, 2.45) is 5.73 Å². The van der Waals surface area contributed by atoms with E-state index in [4.69, 9.17) is 5.73 Å². The van der Waals surface area contributed by atoms with Crippen LogP contribution in [0.15, 0.2) is 0 Å².